The maximum atomic E-state index is 13.7. The summed E-state index contributed by atoms with van der Waals surface area (Å²) < 4.78 is 40.5. The van der Waals surface area contributed by atoms with E-state index < -0.39 is 17.8 Å². The molecular formula is C25H23Cl2F3N6O2. The average Bonchev–Trinajstić information content (AvgIpc) is 3.25. The molecule has 0 fully saturated rings. The molecule has 2 aliphatic rings. The van der Waals surface area contributed by atoms with Crippen LogP contribution in [0.4, 0.5) is 13.2 Å². The van der Waals surface area contributed by atoms with E-state index in [-0.39, 0.29) is 47.8 Å². The van der Waals surface area contributed by atoms with Gasteiger partial charge in [0.15, 0.2) is 0 Å². The van der Waals surface area contributed by atoms with Crippen molar-refractivity contribution in [1.29, 1.82) is 0 Å². The van der Waals surface area contributed by atoms with Gasteiger partial charge < -0.3 is 9.80 Å². The molecule has 0 radical (unpaired) electrons. The molecule has 0 saturated carbocycles. The van der Waals surface area contributed by atoms with Crippen molar-refractivity contribution in [3.8, 4) is 0 Å². The van der Waals surface area contributed by atoms with Crippen LogP contribution in [0.15, 0.2) is 30.6 Å². The molecule has 13 heteroatoms. The van der Waals surface area contributed by atoms with Crippen molar-refractivity contribution in [1.82, 2.24) is 29.5 Å². The standard InChI is InChI=1S/C25H23Cl2F3N6O2/c1-12-6-20-17(11-34(12)23(37)15-4-5-18(26)19(27)7-15)21-24(38)35(10-13(2)36(21)33-20)14(3)22-31-8-16(9-32-22)25(28,29)30/h4-5,7-9,12-14H,6,10-11H2,1-3H3/t12-,13-,14?/m1/s1. The fourth-order valence-electron chi connectivity index (χ4n) is 4.93. The van der Waals surface area contributed by atoms with Gasteiger partial charge in [0.05, 0.1) is 39.9 Å². The number of carbonyl (C=O) groups excluding carboxylic acids is 2. The predicted molar refractivity (Wildman–Crippen MR) is 133 cm³/mol. The summed E-state index contributed by atoms with van der Waals surface area (Å²) in [5.41, 5.74) is 1.17. The van der Waals surface area contributed by atoms with Crippen LogP contribution < -0.4 is 0 Å². The van der Waals surface area contributed by atoms with Crippen LogP contribution in [-0.4, -0.2) is 53.9 Å². The van der Waals surface area contributed by atoms with Gasteiger partial charge in [0.2, 0.25) is 0 Å². The van der Waals surface area contributed by atoms with Gasteiger partial charge in [-0.05, 0) is 39.0 Å². The highest BCUT2D eigenvalue weighted by molar-refractivity contribution is 6.42. The number of rotatable bonds is 3. The van der Waals surface area contributed by atoms with Gasteiger partial charge in [0, 0.05) is 42.5 Å². The Bertz CT molecular complexity index is 1430. The van der Waals surface area contributed by atoms with Crippen molar-refractivity contribution in [2.24, 2.45) is 0 Å². The molecule has 1 unspecified atom stereocenters. The highest BCUT2D eigenvalue weighted by atomic mass is 35.5. The number of hydrogen-bond donors (Lipinski definition) is 0. The van der Waals surface area contributed by atoms with E-state index >= 15 is 0 Å². The Labute approximate surface area is 226 Å². The van der Waals surface area contributed by atoms with E-state index in [1.807, 2.05) is 13.8 Å². The van der Waals surface area contributed by atoms with Gasteiger partial charge in [-0.1, -0.05) is 23.2 Å². The van der Waals surface area contributed by atoms with Crippen LogP contribution in [0.5, 0.6) is 0 Å². The molecule has 3 atom stereocenters. The third-order valence-corrected chi connectivity index (χ3v) is 7.79. The lowest BCUT2D eigenvalue weighted by Gasteiger charge is -2.37. The largest absolute Gasteiger partial charge is 0.419 e. The Balaban J connectivity index is 1.45. The van der Waals surface area contributed by atoms with Crippen LogP contribution in [0.3, 0.4) is 0 Å². The minimum Gasteiger partial charge on any atom is -0.331 e. The number of carbonyl (C=O) groups is 2. The first-order valence-corrected chi connectivity index (χ1v) is 12.7. The molecular weight excluding hydrogens is 544 g/mol. The Morgan fingerprint density at radius 3 is 2.42 bits per heavy atom. The smallest absolute Gasteiger partial charge is 0.331 e. The molecule has 0 aliphatic carbocycles. The third-order valence-electron chi connectivity index (χ3n) is 7.05. The zero-order valence-electron chi connectivity index (χ0n) is 20.6. The van der Waals surface area contributed by atoms with Crippen LogP contribution in [-0.2, 0) is 19.1 Å². The maximum absolute atomic E-state index is 13.7. The molecule has 4 heterocycles. The monoisotopic (exact) mass is 566 g/mol. The lowest BCUT2D eigenvalue weighted by Crippen LogP contribution is -2.46. The van der Waals surface area contributed by atoms with Gasteiger partial charge in [0.25, 0.3) is 11.8 Å². The Kier molecular flexibility index (Phi) is 6.63. The van der Waals surface area contributed by atoms with Gasteiger partial charge in [-0.25, -0.2) is 9.97 Å². The molecule has 0 saturated heterocycles. The molecule has 8 nitrogen and oxygen atoms in total. The first kappa shape index (κ1) is 26.4. The highest BCUT2D eigenvalue weighted by Crippen LogP contribution is 2.35. The van der Waals surface area contributed by atoms with E-state index in [9.17, 15) is 22.8 Å². The van der Waals surface area contributed by atoms with Gasteiger partial charge in [0.1, 0.15) is 11.5 Å². The first-order valence-electron chi connectivity index (χ1n) is 11.9. The molecule has 2 aromatic heterocycles. The van der Waals surface area contributed by atoms with Crippen LogP contribution in [0.1, 0.15) is 76.3 Å². The van der Waals surface area contributed by atoms with E-state index in [0.717, 1.165) is 18.1 Å². The Morgan fingerprint density at radius 1 is 1.11 bits per heavy atom. The number of nitrogens with zero attached hydrogens (tertiary/aromatic N) is 6. The molecule has 0 N–H and O–H groups in total. The van der Waals surface area contributed by atoms with Crippen molar-refractivity contribution >= 4 is 35.0 Å². The molecule has 0 bridgehead atoms. The number of alkyl halides is 3. The quantitative estimate of drug-likeness (QED) is 0.426. The molecule has 3 aromatic rings. The van der Waals surface area contributed by atoms with Crippen molar-refractivity contribution < 1.29 is 22.8 Å². The van der Waals surface area contributed by atoms with Crippen molar-refractivity contribution in [3.63, 3.8) is 0 Å². The van der Waals surface area contributed by atoms with Gasteiger partial charge in [-0.2, -0.15) is 18.3 Å². The first-order chi connectivity index (χ1) is 17.9. The maximum Gasteiger partial charge on any atom is 0.419 e. The van der Waals surface area contributed by atoms with Crippen LogP contribution in [0.25, 0.3) is 0 Å². The summed E-state index contributed by atoms with van der Waals surface area (Å²) in [4.78, 5) is 38.1. The van der Waals surface area contributed by atoms with Crippen LogP contribution >= 0.6 is 23.2 Å². The second kappa shape index (κ2) is 9.53. The second-order valence-electron chi connectivity index (χ2n) is 9.64. The number of aromatic nitrogens is 4. The summed E-state index contributed by atoms with van der Waals surface area (Å²) in [5, 5.41) is 5.32. The minimum absolute atomic E-state index is 0.102. The molecule has 0 spiro atoms. The summed E-state index contributed by atoms with van der Waals surface area (Å²) in [6.45, 7) is 5.94. The number of benzene rings is 1. The van der Waals surface area contributed by atoms with E-state index in [2.05, 4.69) is 9.97 Å². The fraction of sp³-hybridized carbons (Fsp3) is 0.400. The number of hydrogen-bond acceptors (Lipinski definition) is 5. The number of amides is 2. The summed E-state index contributed by atoms with van der Waals surface area (Å²) >= 11 is 12.1. The zero-order chi connectivity index (χ0) is 27.5. The van der Waals surface area contributed by atoms with Crippen molar-refractivity contribution in [3.05, 3.63) is 74.5 Å². The van der Waals surface area contributed by atoms with Crippen molar-refractivity contribution in [2.45, 2.75) is 58.0 Å². The lowest BCUT2D eigenvalue weighted by molar-refractivity contribution is -0.138. The Morgan fingerprint density at radius 2 is 1.79 bits per heavy atom. The van der Waals surface area contributed by atoms with Gasteiger partial charge >= 0.3 is 6.18 Å². The average molecular weight is 567 g/mol. The van der Waals surface area contributed by atoms with Crippen LogP contribution in [0.2, 0.25) is 10.0 Å². The Hall–Kier alpha value is -3.18. The molecule has 200 valence electrons. The van der Waals surface area contributed by atoms with Gasteiger partial charge in [-0.15, -0.1) is 0 Å². The molecule has 2 amide bonds. The number of halogens is 5. The summed E-state index contributed by atoms with van der Waals surface area (Å²) in [7, 11) is 0. The van der Waals surface area contributed by atoms with Gasteiger partial charge in [-0.3, -0.25) is 14.3 Å². The molecule has 5 rings (SSSR count). The van der Waals surface area contributed by atoms with Crippen molar-refractivity contribution in [2.75, 3.05) is 6.54 Å². The summed E-state index contributed by atoms with van der Waals surface area (Å²) in [6.07, 6.45) is -2.66. The predicted octanol–water partition coefficient (Wildman–Crippen LogP) is 5.36. The van der Waals surface area contributed by atoms with E-state index in [4.69, 9.17) is 28.3 Å². The second-order valence-corrected chi connectivity index (χ2v) is 10.5. The van der Waals surface area contributed by atoms with E-state index in [0.29, 0.717) is 28.3 Å². The molecule has 2 aliphatic heterocycles. The topological polar surface area (TPSA) is 84.2 Å². The lowest BCUT2D eigenvalue weighted by atomic mass is 9.97. The van der Waals surface area contributed by atoms with E-state index in [1.54, 1.807) is 28.6 Å². The van der Waals surface area contributed by atoms with E-state index in [1.165, 1.54) is 11.0 Å². The summed E-state index contributed by atoms with van der Waals surface area (Å²) in [6, 6.07) is 3.62. The minimum atomic E-state index is -4.55. The normalized spacial score (nSPS) is 20.3. The van der Waals surface area contributed by atoms with Crippen LogP contribution in [0, 0.1) is 0 Å². The highest BCUT2D eigenvalue weighted by Gasteiger charge is 2.41. The summed E-state index contributed by atoms with van der Waals surface area (Å²) in [5.74, 6) is -0.490. The molecule has 38 heavy (non-hydrogen) atoms. The SMILES string of the molecule is CC(c1ncc(C(F)(F)F)cn1)N1C[C@@H](C)n2nc3c(c2C1=O)CN(C(=O)c1ccc(Cl)c(Cl)c1)[C@H](C)C3. The fourth-order valence-corrected chi connectivity index (χ4v) is 5.23. The molecule has 1 aromatic carbocycles. The zero-order valence-corrected chi connectivity index (χ0v) is 22.1. The number of fused-ring (bicyclic) bond motifs is 3. The third kappa shape index (κ3) is 4.51.